The second-order valence-corrected chi connectivity index (χ2v) is 10.3. The smallest absolute Gasteiger partial charge is 0.147 e. The highest BCUT2D eigenvalue weighted by molar-refractivity contribution is 7.90. The van der Waals surface area contributed by atoms with Crippen molar-refractivity contribution in [3.05, 3.63) is 28.8 Å². The lowest BCUT2D eigenvalue weighted by Crippen LogP contribution is -2.49. The summed E-state index contributed by atoms with van der Waals surface area (Å²) in [6.45, 7) is 6.16. The molecule has 140 valence electrons. The molecule has 0 bridgehead atoms. The van der Waals surface area contributed by atoms with Crippen LogP contribution in [0.3, 0.4) is 0 Å². The zero-order chi connectivity index (χ0) is 18.0. The predicted octanol–water partition coefficient (Wildman–Crippen LogP) is 3.37. The topological polar surface area (TPSA) is 40.6 Å². The molecule has 0 saturated carbocycles. The van der Waals surface area contributed by atoms with E-state index in [0.29, 0.717) is 17.7 Å². The lowest BCUT2D eigenvalue weighted by atomic mass is 9.95. The van der Waals surface area contributed by atoms with Crippen molar-refractivity contribution in [1.82, 2.24) is 4.90 Å². The van der Waals surface area contributed by atoms with Crippen LogP contribution in [0.25, 0.3) is 0 Å². The minimum Gasteiger partial charge on any atom is -0.371 e. The molecule has 2 fully saturated rings. The number of hydrogen-bond acceptors (Lipinski definition) is 4. The van der Waals surface area contributed by atoms with Crippen LogP contribution in [0.4, 0.5) is 5.69 Å². The second-order valence-electron chi connectivity index (χ2n) is 7.75. The number of anilines is 1. The van der Waals surface area contributed by atoms with E-state index in [-0.39, 0.29) is 0 Å². The third kappa shape index (κ3) is 5.11. The highest BCUT2D eigenvalue weighted by Gasteiger charge is 2.30. The Kier molecular flexibility index (Phi) is 5.96. The summed E-state index contributed by atoms with van der Waals surface area (Å²) in [7, 11) is -2.88. The zero-order valence-electron chi connectivity index (χ0n) is 15.2. The molecule has 6 heteroatoms. The van der Waals surface area contributed by atoms with Gasteiger partial charge in [-0.25, -0.2) is 8.42 Å². The van der Waals surface area contributed by atoms with Gasteiger partial charge in [0, 0.05) is 42.6 Å². The third-order valence-corrected chi connectivity index (χ3v) is 7.07. The molecule has 0 aromatic heterocycles. The summed E-state index contributed by atoms with van der Waals surface area (Å²) in [6, 6.07) is 6.90. The first kappa shape index (κ1) is 19.0. The van der Waals surface area contributed by atoms with Gasteiger partial charge in [-0.15, -0.1) is 0 Å². The van der Waals surface area contributed by atoms with Gasteiger partial charge in [-0.2, -0.15) is 0 Å². The van der Waals surface area contributed by atoms with Crippen LogP contribution in [0, 0.1) is 12.8 Å². The molecule has 1 aromatic carbocycles. The molecule has 1 unspecified atom stereocenters. The van der Waals surface area contributed by atoms with Crippen LogP contribution in [0.15, 0.2) is 18.2 Å². The van der Waals surface area contributed by atoms with Gasteiger partial charge in [0.15, 0.2) is 0 Å². The van der Waals surface area contributed by atoms with Crippen molar-refractivity contribution in [2.24, 2.45) is 5.92 Å². The number of halogens is 1. The molecule has 0 amide bonds. The van der Waals surface area contributed by atoms with Crippen LogP contribution in [0.2, 0.25) is 5.02 Å². The lowest BCUT2D eigenvalue weighted by Gasteiger charge is -2.43. The maximum atomic E-state index is 11.6. The predicted molar refractivity (Wildman–Crippen MR) is 105 cm³/mol. The van der Waals surface area contributed by atoms with E-state index in [1.807, 2.05) is 6.92 Å². The SMILES string of the molecule is Cc1ccc(N2CCC(N3CCCC(CS(C)(=O)=O)C3)CC2)cc1Cl. The maximum absolute atomic E-state index is 11.6. The van der Waals surface area contributed by atoms with Crippen LogP contribution in [0.5, 0.6) is 0 Å². The standard InChI is InChI=1S/C19H29ClN2O2S/c1-15-5-6-18(12-19(15)20)21-10-7-17(8-11-21)22-9-3-4-16(13-22)14-25(2,23)24/h5-6,12,16-17H,3-4,7-11,13-14H2,1-2H3. The van der Waals surface area contributed by atoms with Crippen LogP contribution in [-0.2, 0) is 9.84 Å². The van der Waals surface area contributed by atoms with E-state index in [1.165, 1.54) is 11.9 Å². The number of likely N-dealkylation sites (tertiary alicyclic amines) is 1. The molecule has 25 heavy (non-hydrogen) atoms. The van der Waals surface area contributed by atoms with Crippen molar-refractivity contribution >= 4 is 27.1 Å². The number of benzene rings is 1. The summed E-state index contributed by atoms with van der Waals surface area (Å²) in [4.78, 5) is 4.96. The molecule has 2 heterocycles. The molecule has 2 aliphatic rings. The first-order valence-electron chi connectivity index (χ1n) is 9.25. The molecule has 3 rings (SSSR count). The van der Waals surface area contributed by atoms with Crippen molar-refractivity contribution in [2.45, 2.75) is 38.6 Å². The van der Waals surface area contributed by atoms with Crippen molar-refractivity contribution in [3.8, 4) is 0 Å². The molecular weight excluding hydrogens is 356 g/mol. The second kappa shape index (κ2) is 7.85. The van der Waals surface area contributed by atoms with Crippen LogP contribution < -0.4 is 4.90 Å². The first-order valence-corrected chi connectivity index (χ1v) is 11.7. The van der Waals surface area contributed by atoms with Gasteiger partial charge in [0.25, 0.3) is 0 Å². The summed E-state index contributed by atoms with van der Waals surface area (Å²) < 4.78 is 23.2. The number of aryl methyl sites for hydroxylation is 1. The molecule has 0 spiro atoms. The van der Waals surface area contributed by atoms with Crippen molar-refractivity contribution in [1.29, 1.82) is 0 Å². The Morgan fingerprint density at radius 2 is 1.88 bits per heavy atom. The number of hydrogen-bond donors (Lipinski definition) is 0. The van der Waals surface area contributed by atoms with Crippen LogP contribution >= 0.6 is 11.6 Å². The number of nitrogens with zero attached hydrogens (tertiary/aromatic N) is 2. The average Bonchev–Trinajstić information content (AvgIpc) is 2.56. The quantitative estimate of drug-likeness (QED) is 0.797. The highest BCUT2D eigenvalue weighted by atomic mass is 35.5. The molecule has 4 nitrogen and oxygen atoms in total. The Balaban J connectivity index is 1.55. The van der Waals surface area contributed by atoms with E-state index in [0.717, 1.165) is 62.4 Å². The number of piperidine rings is 2. The third-order valence-electron chi connectivity index (χ3n) is 5.59. The van der Waals surface area contributed by atoms with E-state index in [9.17, 15) is 8.42 Å². The average molecular weight is 385 g/mol. The number of sulfone groups is 1. The highest BCUT2D eigenvalue weighted by Crippen LogP contribution is 2.29. The summed E-state index contributed by atoms with van der Waals surface area (Å²) >= 11 is 6.27. The van der Waals surface area contributed by atoms with E-state index in [4.69, 9.17) is 11.6 Å². The fraction of sp³-hybridized carbons (Fsp3) is 0.684. The fourth-order valence-corrected chi connectivity index (χ4v) is 5.56. The largest absolute Gasteiger partial charge is 0.371 e. The van der Waals surface area contributed by atoms with E-state index < -0.39 is 9.84 Å². The monoisotopic (exact) mass is 384 g/mol. The van der Waals surface area contributed by atoms with Gasteiger partial charge >= 0.3 is 0 Å². The van der Waals surface area contributed by atoms with Gasteiger partial charge in [0.1, 0.15) is 9.84 Å². The summed E-state index contributed by atoms with van der Waals surface area (Å²) in [6.07, 6.45) is 5.80. The van der Waals surface area contributed by atoms with Crippen molar-refractivity contribution < 1.29 is 8.42 Å². The fourth-order valence-electron chi connectivity index (χ4n) is 4.26. The maximum Gasteiger partial charge on any atom is 0.147 e. The molecule has 0 radical (unpaired) electrons. The Bertz CT molecular complexity index is 699. The Labute approximate surface area is 157 Å². The summed E-state index contributed by atoms with van der Waals surface area (Å²) in [5.41, 5.74) is 2.33. The van der Waals surface area contributed by atoms with E-state index in [1.54, 1.807) is 0 Å². The van der Waals surface area contributed by atoms with E-state index >= 15 is 0 Å². The van der Waals surface area contributed by atoms with Gasteiger partial charge in [-0.1, -0.05) is 17.7 Å². The molecule has 0 aliphatic carbocycles. The lowest BCUT2D eigenvalue weighted by molar-refractivity contribution is 0.113. The molecule has 2 aliphatic heterocycles. The molecular formula is C19H29ClN2O2S. The normalized spacial score (nSPS) is 23.8. The van der Waals surface area contributed by atoms with Crippen molar-refractivity contribution in [2.75, 3.05) is 43.1 Å². The van der Waals surface area contributed by atoms with Crippen LogP contribution in [-0.4, -0.2) is 57.5 Å². The van der Waals surface area contributed by atoms with Gasteiger partial charge in [0.2, 0.25) is 0 Å². The van der Waals surface area contributed by atoms with Crippen LogP contribution in [0.1, 0.15) is 31.2 Å². The van der Waals surface area contributed by atoms with Gasteiger partial charge < -0.3 is 4.90 Å². The summed E-state index contributed by atoms with van der Waals surface area (Å²) in [5.74, 6) is 0.641. The zero-order valence-corrected chi connectivity index (χ0v) is 16.8. The first-order chi connectivity index (χ1) is 11.8. The Morgan fingerprint density at radius 3 is 2.52 bits per heavy atom. The Morgan fingerprint density at radius 1 is 1.16 bits per heavy atom. The van der Waals surface area contributed by atoms with Crippen molar-refractivity contribution in [3.63, 3.8) is 0 Å². The summed E-state index contributed by atoms with van der Waals surface area (Å²) in [5, 5.41) is 0.833. The van der Waals surface area contributed by atoms with Gasteiger partial charge in [0.05, 0.1) is 5.75 Å². The van der Waals surface area contributed by atoms with Gasteiger partial charge in [-0.3, -0.25) is 4.90 Å². The molecule has 1 atom stereocenters. The number of rotatable bonds is 4. The minimum absolute atomic E-state index is 0.303. The minimum atomic E-state index is -2.88. The Hall–Kier alpha value is -0.780. The van der Waals surface area contributed by atoms with E-state index in [2.05, 4.69) is 28.0 Å². The molecule has 1 aromatic rings. The molecule has 0 N–H and O–H groups in total. The molecule has 2 saturated heterocycles. The van der Waals surface area contributed by atoms with Gasteiger partial charge in [-0.05, 0) is 62.8 Å².